The minimum atomic E-state index is 0.643. The summed E-state index contributed by atoms with van der Waals surface area (Å²) in [4.78, 5) is 3.33. The number of aromatic nitrogens is 1. The topological polar surface area (TPSA) is 35.4 Å². The summed E-state index contributed by atoms with van der Waals surface area (Å²) < 4.78 is 5.38. The SMILES string of the molecule is COc1ccc(Cl)cc1Nc1cc(C)[nH+]c2ccc(Cl)cc12. The van der Waals surface area contributed by atoms with Crippen LogP contribution in [0.2, 0.25) is 10.0 Å². The van der Waals surface area contributed by atoms with Crippen LogP contribution in [-0.2, 0) is 0 Å². The van der Waals surface area contributed by atoms with Crippen LogP contribution in [-0.4, -0.2) is 7.11 Å². The van der Waals surface area contributed by atoms with Crippen LogP contribution in [0, 0.1) is 6.92 Å². The van der Waals surface area contributed by atoms with Gasteiger partial charge in [0, 0.05) is 29.1 Å². The van der Waals surface area contributed by atoms with Crippen LogP contribution in [0.25, 0.3) is 10.9 Å². The fourth-order valence-corrected chi connectivity index (χ4v) is 2.76. The summed E-state index contributed by atoms with van der Waals surface area (Å²) >= 11 is 12.2. The van der Waals surface area contributed by atoms with E-state index >= 15 is 0 Å². The maximum atomic E-state index is 6.13. The fraction of sp³-hybridized carbons (Fsp3) is 0.118. The number of methoxy groups -OCH3 is 1. The molecule has 2 N–H and O–H groups in total. The van der Waals surface area contributed by atoms with Crippen LogP contribution >= 0.6 is 23.2 Å². The summed E-state index contributed by atoms with van der Waals surface area (Å²) in [7, 11) is 1.63. The van der Waals surface area contributed by atoms with Gasteiger partial charge in [0.25, 0.3) is 0 Å². The number of anilines is 2. The van der Waals surface area contributed by atoms with Crippen molar-refractivity contribution in [2.45, 2.75) is 6.92 Å². The molecule has 2 aromatic carbocycles. The minimum absolute atomic E-state index is 0.643. The van der Waals surface area contributed by atoms with Crippen molar-refractivity contribution in [2.75, 3.05) is 12.4 Å². The van der Waals surface area contributed by atoms with Crippen molar-refractivity contribution in [3.05, 3.63) is 58.2 Å². The maximum Gasteiger partial charge on any atom is 0.213 e. The summed E-state index contributed by atoms with van der Waals surface area (Å²) in [6.45, 7) is 2.01. The zero-order valence-corrected chi connectivity index (χ0v) is 13.7. The summed E-state index contributed by atoms with van der Waals surface area (Å²) in [5.41, 5.74) is 3.79. The first-order chi connectivity index (χ1) is 10.6. The molecule has 0 saturated heterocycles. The third-order valence-electron chi connectivity index (χ3n) is 3.40. The van der Waals surface area contributed by atoms with Crippen LogP contribution in [0.1, 0.15) is 5.69 Å². The Labute approximate surface area is 138 Å². The molecule has 0 spiro atoms. The van der Waals surface area contributed by atoms with E-state index in [1.54, 1.807) is 13.2 Å². The van der Waals surface area contributed by atoms with E-state index in [0.29, 0.717) is 10.0 Å². The van der Waals surface area contributed by atoms with Crippen molar-refractivity contribution in [1.29, 1.82) is 0 Å². The lowest BCUT2D eigenvalue weighted by Gasteiger charge is -2.12. The third-order valence-corrected chi connectivity index (χ3v) is 3.87. The molecule has 0 radical (unpaired) electrons. The van der Waals surface area contributed by atoms with E-state index < -0.39 is 0 Å². The number of benzene rings is 2. The Bertz CT molecular complexity index is 849. The minimum Gasteiger partial charge on any atom is -0.495 e. The Balaban J connectivity index is 2.14. The number of H-pyrrole nitrogens is 1. The molecule has 0 saturated carbocycles. The normalized spacial score (nSPS) is 10.7. The van der Waals surface area contributed by atoms with Crippen LogP contribution in [0.5, 0.6) is 5.75 Å². The smallest absolute Gasteiger partial charge is 0.213 e. The van der Waals surface area contributed by atoms with Gasteiger partial charge in [0.1, 0.15) is 5.75 Å². The lowest BCUT2D eigenvalue weighted by molar-refractivity contribution is -0.354. The number of hydrogen-bond acceptors (Lipinski definition) is 2. The average molecular weight is 334 g/mol. The molecule has 3 rings (SSSR count). The number of nitrogens with one attached hydrogen (secondary N) is 2. The van der Waals surface area contributed by atoms with Crippen LogP contribution in [0.4, 0.5) is 11.4 Å². The van der Waals surface area contributed by atoms with Crippen molar-refractivity contribution in [3.8, 4) is 5.75 Å². The number of pyridine rings is 1. The largest absolute Gasteiger partial charge is 0.495 e. The van der Waals surface area contributed by atoms with Gasteiger partial charge in [-0.25, -0.2) is 4.98 Å². The van der Waals surface area contributed by atoms with E-state index in [1.165, 1.54) is 0 Å². The molecular weight excluding hydrogens is 319 g/mol. The predicted molar refractivity (Wildman–Crippen MR) is 91.5 cm³/mol. The molecule has 0 bridgehead atoms. The molecule has 0 fully saturated rings. The molecule has 0 aliphatic carbocycles. The van der Waals surface area contributed by atoms with Gasteiger partial charge in [0.05, 0.1) is 23.9 Å². The average Bonchev–Trinajstić information content (AvgIpc) is 2.48. The van der Waals surface area contributed by atoms with Gasteiger partial charge in [0.2, 0.25) is 5.52 Å². The zero-order valence-electron chi connectivity index (χ0n) is 12.2. The van der Waals surface area contributed by atoms with E-state index in [1.807, 2.05) is 43.3 Å². The highest BCUT2D eigenvalue weighted by Gasteiger charge is 2.12. The van der Waals surface area contributed by atoms with Gasteiger partial charge < -0.3 is 10.1 Å². The van der Waals surface area contributed by atoms with E-state index in [-0.39, 0.29) is 0 Å². The summed E-state index contributed by atoms with van der Waals surface area (Å²) in [6.07, 6.45) is 0. The number of fused-ring (bicyclic) bond motifs is 1. The number of halogens is 2. The molecule has 0 amide bonds. The van der Waals surface area contributed by atoms with Crippen molar-refractivity contribution < 1.29 is 9.72 Å². The number of hydrogen-bond donors (Lipinski definition) is 1. The van der Waals surface area contributed by atoms with E-state index in [0.717, 1.165) is 33.7 Å². The predicted octanol–water partition coefficient (Wildman–Crippen LogP) is 5.02. The Morgan fingerprint density at radius 1 is 0.955 bits per heavy atom. The van der Waals surface area contributed by atoms with Gasteiger partial charge >= 0.3 is 0 Å². The molecule has 0 aliphatic rings. The molecule has 0 aliphatic heterocycles. The first kappa shape index (κ1) is 14.9. The molecule has 0 atom stereocenters. The van der Waals surface area contributed by atoms with E-state index in [9.17, 15) is 0 Å². The fourth-order valence-electron chi connectivity index (χ4n) is 2.42. The second kappa shape index (κ2) is 6.03. The van der Waals surface area contributed by atoms with Crippen LogP contribution < -0.4 is 15.0 Å². The van der Waals surface area contributed by atoms with Crippen LogP contribution in [0.15, 0.2) is 42.5 Å². The first-order valence-electron chi connectivity index (χ1n) is 6.79. The molecular formula is C17H15Cl2N2O+. The monoisotopic (exact) mass is 333 g/mol. The summed E-state index contributed by atoms with van der Waals surface area (Å²) in [5.74, 6) is 0.727. The molecule has 1 aromatic heterocycles. The highest BCUT2D eigenvalue weighted by molar-refractivity contribution is 6.31. The highest BCUT2D eigenvalue weighted by atomic mass is 35.5. The van der Waals surface area contributed by atoms with Crippen LogP contribution in [0.3, 0.4) is 0 Å². The Morgan fingerprint density at radius 3 is 2.45 bits per heavy atom. The Morgan fingerprint density at radius 2 is 1.68 bits per heavy atom. The zero-order chi connectivity index (χ0) is 15.7. The number of ether oxygens (including phenoxy) is 1. The molecule has 0 unspecified atom stereocenters. The first-order valence-corrected chi connectivity index (χ1v) is 7.55. The molecule has 3 aromatic rings. The Hall–Kier alpha value is -1.97. The van der Waals surface area contributed by atoms with Crippen molar-refractivity contribution in [3.63, 3.8) is 0 Å². The summed E-state index contributed by atoms with van der Waals surface area (Å²) in [5, 5.41) is 5.72. The van der Waals surface area contributed by atoms with Crippen molar-refractivity contribution >= 4 is 45.5 Å². The van der Waals surface area contributed by atoms with Crippen molar-refractivity contribution in [1.82, 2.24) is 0 Å². The standard InChI is InChI=1S/C17H14Cl2N2O/c1-10-7-15(13-8-11(18)3-5-14(13)20-10)21-16-9-12(19)4-6-17(16)22-2/h3-9H,1-2H3,(H,20,21)/p+1. The van der Waals surface area contributed by atoms with Crippen molar-refractivity contribution in [2.24, 2.45) is 0 Å². The molecule has 3 nitrogen and oxygen atoms in total. The second-order valence-electron chi connectivity index (χ2n) is 5.03. The van der Waals surface area contributed by atoms with Gasteiger partial charge in [-0.1, -0.05) is 23.2 Å². The molecule has 5 heteroatoms. The van der Waals surface area contributed by atoms with Gasteiger partial charge in [-0.05, 0) is 30.3 Å². The lowest BCUT2D eigenvalue weighted by atomic mass is 10.1. The third kappa shape index (κ3) is 2.96. The van der Waals surface area contributed by atoms with Gasteiger partial charge in [-0.3, -0.25) is 0 Å². The van der Waals surface area contributed by atoms with Gasteiger partial charge in [0.15, 0.2) is 5.69 Å². The maximum absolute atomic E-state index is 6.13. The summed E-state index contributed by atoms with van der Waals surface area (Å²) in [6, 6.07) is 13.2. The highest BCUT2D eigenvalue weighted by Crippen LogP contribution is 2.33. The quantitative estimate of drug-likeness (QED) is 0.730. The number of aromatic amines is 1. The number of aryl methyl sites for hydroxylation is 1. The second-order valence-corrected chi connectivity index (χ2v) is 5.90. The van der Waals surface area contributed by atoms with E-state index in [2.05, 4.69) is 10.3 Å². The molecule has 22 heavy (non-hydrogen) atoms. The molecule has 112 valence electrons. The molecule has 1 heterocycles. The number of rotatable bonds is 3. The van der Waals surface area contributed by atoms with Gasteiger partial charge in [-0.15, -0.1) is 0 Å². The van der Waals surface area contributed by atoms with E-state index in [4.69, 9.17) is 27.9 Å². The Kier molecular flexibility index (Phi) is 4.10. The van der Waals surface area contributed by atoms with Gasteiger partial charge in [-0.2, -0.15) is 0 Å². The lowest BCUT2D eigenvalue weighted by Crippen LogP contribution is -2.10.